The van der Waals surface area contributed by atoms with Crippen molar-refractivity contribution in [2.45, 2.75) is 13.5 Å². The molecule has 2 rings (SSSR count). The largest absolute Gasteiger partial charge is 0.335 e. The van der Waals surface area contributed by atoms with Crippen molar-refractivity contribution < 1.29 is 4.79 Å². The Morgan fingerprint density at radius 1 is 1.44 bits per heavy atom. The van der Waals surface area contributed by atoms with E-state index in [1.807, 2.05) is 11.4 Å². The summed E-state index contributed by atoms with van der Waals surface area (Å²) in [6, 6.07) is 5.62. The minimum absolute atomic E-state index is 0.0599. The summed E-state index contributed by atoms with van der Waals surface area (Å²) in [7, 11) is 1.80. The number of carbonyl (C=O) groups excluding carboxylic acids is 1. The van der Waals surface area contributed by atoms with Gasteiger partial charge in [0.1, 0.15) is 5.69 Å². The summed E-state index contributed by atoms with van der Waals surface area (Å²) in [6.45, 7) is 2.68. The van der Waals surface area contributed by atoms with Crippen molar-refractivity contribution in [3.8, 4) is 0 Å². The molecule has 0 saturated carbocycles. The molecule has 3 nitrogen and oxygen atoms in total. The summed E-state index contributed by atoms with van der Waals surface area (Å²) in [6.07, 6.45) is 1.64. The van der Waals surface area contributed by atoms with E-state index in [1.54, 1.807) is 35.5 Å². The second-order valence-electron chi connectivity index (χ2n) is 4.05. The van der Waals surface area contributed by atoms with E-state index in [0.717, 1.165) is 4.47 Å². The van der Waals surface area contributed by atoms with Crippen molar-refractivity contribution in [1.82, 2.24) is 9.88 Å². The van der Waals surface area contributed by atoms with Crippen molar-refractivity contribution in [2.75, 3.05) is 7.05 Å². The molecule has 94 valence electrons. The Morgan fingerprint density at radius 3 is 2.78 bits per heavy atom. The van der Waals surface area contributed by atoms with E-state index < -0.39 is 0 Å². The van der Waals surface area contributed by atoms with Gasteiger partial charge < -0.3 is 4.90 Å². The number of amides is 1. The summed E-state index contributed by atoms with van der Waals surface area (Å²) < 4.78 is 0.871. The SMILES string of the molecule is Cc1ccsc1CN(C)C(=O)c1ccc(Br)cn1. The zero-order valence-corrected chi connectivity index (χ0v) is 12.6. The first-order chi connectivity index (χ1) is 8.58. The Bertz CT molecular complexity index is 550. The standard InChI is InChI=1S/C13H13BrN2OS/c1-9-5-6-18-12(9)8-16(2)13(17)11-4-3-10(14)7-15-11/h3-7H,8H2,1-2H3. The maximum Gasteiger partial charge on any atom is 0.272 e. The Balaban J connectivity index is 2.09. The molecule has 0 aliphatic heterocycles. The molecule has 18 heavy (non-hydrogen) atoms. The van der Waals surface area contributed by atoms with Crippen LogP contribution in [0.5, 0.6) is 0 Å². The Labute approximate surface area is 119 Å². The molecule has 2 heterocycles. The smallest absolute Gasteiger partial charge is 0.272 e. The van der Waals surface area contributed by atoms with E-state index in [-0.39, 0.29) is 5.91 Å². The van der Waals surface area contributed by atoms with Gasteiger partial charge in [-0.3, -0.25) is 4.79 Å². The van der Waals surface area contributed by atoms with Gasteiger partial charge in [0.2, 0.25) is 0 Å². The van der Waals surface area contributed by atoms with Crippen LogP contribution in [0.1, 0.15) is 20.9 Å². The second-order valence-corrected chi connectivity index (χ2v) is 5.97. The van der Waals surface area contributed by atoms with Gasteiger partial charge in [0.25, 0.3) is 5.91 Å². The Kier molecular flexibility index (Phi) is 4.14. The number of halogens is 1. The molecule has 0 bridgehead atoms. The minimum atomic E-state index is -0.0599. The quantitative estimate of drug-likeness (QED) is 0.865. The fourth-order valence-electron chi connectivity index (χ4n) is 1.55. The van der Waals surface area contributed by atoms with E-state index >= 15 is 0 Å². The zero-order valence-electron chi connectivity index (χ0n) is 10.2. The molecule has 0 aliphatic carbocycles. The van der Waals surface area contributed by atoms with Crippen LogP contribution >= 0.6 is 27.3 Å². The number of aryl methyl sites for hydroxylation is 1. The second kappa shape index (κ2) is 5.63. The highest BCUT2D eigenvalue weighted by Crippen LogP contribution is 2.18. The zero-order chi connectivity index (χ0) is 13.1. The van der Waals surface area contributed by atoms with Gasteiger partial charge in [0, 0.05) is 22.6 Å². The van der Waals surface area contributed by atoms with Gasteiger partial charge in [0.15, 0.2) is 0 Å². The van der Waals surface area contributed by atoms with Crippen molar-refractivity contribution in [3.05, 3.63) is 50.4 Å². The first-order valence-corrected chi connectivity index (χ1v) is 7.15. The number of pyridine rings is 1. The molecule has 0 aromatic carbocycles. The molecule has 2 aromatic heterocycles. The number of nitrogens with zero attached hydrogens (tertiary/aromatic N) is 2. The van der Waals surface area contributed by atoms with E-state index in [9.17, 15) is 4.79 Å². The van der Waals surface area contributed by atoms with Crippen LogP contribution in [0.25, 0.3) is 0 Å². The summed E-state index contributed by atoms with van der Waals surface area (Å²) in [5, 5.41) is 2.04. The number of thiophene rings is 1. The molecule has 2 aromatic rings. The van der Waals surface area contributed by atoms with E-state index in [0.29, 0.717) is 12.2 Å². The molecule has 0 aliphatic rings. The van der Waals surface area contributed by atoms with Crippen molar-refractivity contribution >= 4 is 33.2 Å². The lowest BCUT2D eigenvalue weighted by molar-refractivity contribution is 0.0780. The third-order valence-corrected chi connectivity index (χ3v) is 4.12. The van der Waals surface area contributed by atoms with Crippen LogP contribution in [0.3, 0.4) is 0 Å². The van der Waals surface area contributed by atoms with Gasteiger partial charge in [-0.05, 0) is 52.0 Å². The third-order valence-electron chi connectivity index (χ3n) is 2.64. The molecule has 0 atom stereocenters. The van der Waals surface area contributed by atoms with Crippen molar-refractivity contribution in [1.29, 1.82) is 0 Å². The molecule has 0 radical (unpaired) electrons. The number of hydrogen-bond acceptors (Lipinski definition) is 3. The molecule has 0 spiro atoms. The van der Waals surface area contributed by atoms with Gasteiger partial charge in [-0.1, -0.05) is 0 Å². The van der Waals surface area contributed by atoms with Gasteiger partial charge in [-0.25, -0.2) is 4.98 Å². The molecular formula is C13H13BrN2OS. The first-order valence-electron chi connectivity index (χ1n) is 5.48. The number of hydrogen-bond donors (Lipinski definition) is 0. The van der Waals surface area contributed by atoms with Gasteiger partial charge in [0.05, 0.1) is 6.54 Å². The maximum absolute atomic E-state index is 12.1. The van der Waals surface area contributed by atoms with Crippen LogP contribution in [0.2, 0.25) is 0 Å². The maximum atomic E-state index is 12.1. The lowest BCUT2D eigenvalue weighted by atomic mass is 10.2. The monoisotopic (exact) mass is 324 g/mol. The average Bonchev–Trinajstić information content (AvgIpc) is 2.75. The van der Waals surface area contributed by atoms with Gasteiger partial charge >= 0.3 is 0 Å². The van der Waals surface area contributed by atoms with Gasteiger partial charge in [-0.2, -0.15) is 0 Å². The number of rotatable bonds is 3. The summed E-state index contributed by atoms with van der Waals surface area (Å²) >= 11 is 4.98. The summed E-state index contributed by atoms with van der Waals surface area (Å²) in [4.78, 5) is 19.2. The van der Waals surface area contributed by atoms with Crippen molar-refractivity contribution in [3.63, 3.8) is 0 Å². The van der Waals surface area contributed by atoms with Crippen LogP contribution in [0, 0.1) is 6.92 Å². The van der Waals surface area contributed by atoms with Crippen molar-refractivity contribution in [2.24, 2.45) is 0 Å². The summed E-state index contributed by atoms with van der Waals surface area (Å²) in [5.41, 5.74) is 1.69. The van der Waals surface area contributed by atoms with E-state index in [1.165, 1.54) is 10.4 Å². The minimum Gasteiger partial charge on any atom is -0.335 e. The Hall–Kier alpha value is -1.20. The molecule has 5 heteroatoms. The predicted octanol–water partition coefficient (Wildman–Crippen LogP) is 3.49. The lowest BCUT2D eigenvalue weighted by Crippen LogP contribution is -2.26. The van der Waals surface area contributed by atoms with Crippen LogP contribution < -0.4 is 0 Å². The number of carbonyl (C=O) groups is 1. The van der Waals surface area contributed by atoms with Crippen LogP contribution in [-0.4, -0.2) is 22.8 Å². The fourth-order valence-corrected chi connectivity index (χ4v) is 2.74. The molecule has 0 fully saturated rings. The highest BCUT2D eigenvalue weighted by molar-refractivity contribution is 9.10. The first kappa shape index (κ1) is 13.2. The van der Waals surface area contributed by atoms with Crippen LogP contribution in [-0.2, 0) is 6.54 Å². The highest BCUT2D eigenvalue weighted by Gasteiger charge is 2.14. The van der Waals surface area contributed by atoms with E-state index in [2.05, 4.69) is 33.9 Å². The van der Waals surface area contributed by atoms with Crippen LogP contribution in [0.4, 0.5) is 0 Å². The molecular weight excluding hydrogens is 312 g/mol. The topological polar surface area (TPSA) is 33.2 Å². The fraction of sp³-hybridized carbons (Fsp3) is 0.231. The molecule has 0 unspecified atom stereocenters. The Morgan fingerprint density at radius 2 is 2.22 bits per heavy atom. The average molecular weight is 325 g/mol. The highest BCUT2D eigenvalue weighted by atomic mass is 79.9. The van der Waals surface area contributed by atoms with E-state index in [4.69, 9.17) is 0 Å². The third kappa shape index (κ3) is 2.97. The predicted molar refractivity (Wildman–Crippen MR) is 76.8 cm³/mol. The normalized spacial score (nSPS) is 10.4. The van der Waals surface area contributed by atoms with Gasteiger partial charge in [-0.15, -0.1) is 11.3 Å². The molecule has 1 amide bonds. The molecule has 0 saturated heterocycles. The molecule has 0 N–H and O–H groups in total. The summed E-state index contributed by atoms with van der Waals surface area (Å²) in [5.74, 6) is -0.0599. The lowest BCUT2D eigenvalue weighted by Gasteiger charge is -2.16. The number of aromatic nitrogens is 1. The van der Waals surface area contributed by atoms with Crippen LogP contribution in [0.15, 0.2) is 34.2 Å².